The molecular weight excluding hydrogens is 234 g/mol. The van der Waals surface area contributed by atoms with Crippen molar-refractivity contribution in [2.24, 2.45) is 5.92 Å². The zero-order valence-electron chi connectivity index (χ0n) is 8.94. The summed E-state index contributed by atoms with van der Waals surface area (Å²) in [5.74, 6) is -0.347. The molecule has 0 bridgehead atoms. The minimum Gasteiger partial charge on any atom is -0.316 e. The summed E-state index contributed by atoms with van der Waals surface area (Å²) in [7, 11) is 0. The molecular formula is C12H11F4N. The van der Waals surface area contributed by atoms with Crippen molar-refractivity contribution in [3.05, 3.63) is 35.1 Å². The Bertz CT molecular complexity index is 468. The molecule has 1 nitrogen and oxygen atoms in total. The van der Waals surface area contributed by atoms with Gasteiger partial charge in [-0.3, -0.25) is 0 Å². The molecule has 1 heterocycles. The lowest BCUT2D eigenvalue weighted by atomic mass is 9.93. The van der Waals surface area contributed by atoms with Crippen molar-refractivity contribution in [2.45, 2.75) is 18.0 Å². The number of hydrogen-bond acceptors (Lipinski definition) is 1. The van der Waals surface area contributed by atoms with Gasteiger partial charge in [-0.05, 0) is 36.6 Å². The Morgan fingerprint density at radius 3 is 2.53 bits per heavy atom. The Hall–Kier alpha value is -1.10. The van der Waals surface area contributed by atoms with Gasteiger partial charge in [0, 0.05) is 12.0 Å². The van der Waals surface area contributed by atoms with Gasteiger partial charge in [-0.25, -0.2) is 4.39 Å². The molecule has 1 aliphatic heterocycles. The number of piperidine rings is 1. The first-order chi connectivity index (χ1) is 7.93. The molecule has 1 aromatic rings. The molecule has 2 atom stereocenters. The molecule has 92 valence electrons. The quantitative estimate of drug-likeness (QED) is 0.750. The Balaban J connectivity index is 1.98. The van der Waals surface area contributed by atoms with Crippen molar-refractivity contribution in [3.8, 4) is 0 Å². The van der Waals surface area contributed by atoms with Gasteiger partial charge in [0.15, 0.2) is 0 Å². The molecule has 2 aliphatic rings. The third-order valence-electron chi connectivity index (χ3n) is 3.90. The minimum absolute atomic E-state index is 0.242. The highest BCUT2D eigenvalue weighted by Gasteiger charge is 2.59. The van der Waals surface area contributed by atoms with E-state index in [1.54, 1.807) is 0 Å². The largest absolute Gasteiger partial charge is 0.416 e. The highest BCUT2D eigenvalue weighted by atomic mass is 19.4. The van der Waals surface area contributed by atoms with Gasteiger partial charge in [0.25, 0.3) is 0 Å². The maximum absolute atomic E-state index is 13.8. The van der Waals surface area contributed by atoms with Gasteiger partial charge < -0.3 is 5.32 Å². The maximum Gasteiger partial charge on any atom is 0.416 e. The summed E-state index contributed by atoms with van der Waals surface area (Å²) >= 11 is 0. The van der Waals surface area contributed by atoms with Gasteiger partial charge in [-0.1, -0.05) is 6.07 Å². The van der Waals surface area contributed by atoms with E-state index in [0.717, 1.165) is 19.0 Å². The average Bonchev–Trinajstić information content (AvgIpc) is 2.80. The normalized spacial score (nSPS) is 31.4. The summed E-state index contributed by atoms with van der Waals surface area (Å²) < 4.78 is 51.0. The van der Waals surface area contributed by atoms with E-state index in [-0.39, 0.29) is 5.41 Å². The molecule has 1 aliphatic carbocycles. The van der Waals surface area contributed by atoms with Crippen LogP contribution in [0, 0.1) is 11.7 Å². The van der Waals surface area contributed by atoms with Crippen molar-refractivity contribution in [1.82, 2.24) is 5.32 Å². The average molecular weight is 245 g/mol. The van der Waals surface area contributed by atoms with E-state index in [4.69, 9.17) is 0 Å². The lowest BCUT2D eigenvalue weighted by Gasteiger charge is -2.15. The predicted octanol–water partition coefficient (Wildman–Crippen LogP) is 2.71. The summed E-state index contributed by atoms with van der Waals surface area (Å²) in [4.78, 5) is 0. The van der Waals surface area contributed by atoms with Crippen LogP contribution in [0.1, 0.15) is 17.5 Å². The molecule has 2 fully saturated rings. The maximum atomic E-state index is 13.8. The second kappa shape index (κ2) is 3.22. The van der Waals surface area contributed by atoms with Crippen molar-refractivity contribution in [2.75, 3.05) is 13.1 Å². The van der Waals surface area contributed by atoms with Gasteiger partial charge >= 0.3 is 6.18 Å². The smallest absolute Gasteiger partial charge is 0.316 e. The molecule has 0 spiro atoms. The third kappa shape index (κ3) is 1.56. The van der Waals surface area contributed by atoms with Crippen LogP contribution in [0.3, 0.4) is 0 Å². The zero-order chi connectivity index (χ0) is 12.3. The number of hydrogen-bond donors (Lipinski definition) is 1. The van der Waals surface area contributed by atoms with Crippen LogP contribution in [0.4, 0.5) is 17.6 Å². The molecule has 0 unspecified atom stereocenters. The molecule has 1 saturated heterocycles. The highest BCUT2D eigenvalue weighted by molar-refractivity contribution is 5.40. The predicted molar refractivity (Wildman–Crippen MR) is 54.1 cm³/mol. The van der Waals surface area contributed by atoms with E-state index < -0.39 is 17.6 Å². The van der Waals surface area contributed by atoms with Crippen LogP contribution in [0.15, 0.2) is 18.2 Å². The molecule has 0 radical (unpaired) electrons. The fourth-order valence-corrected chi connectivity index (χ4v) is 2.85. The first-order valence-corrected chi connectivity index (χ1v) is 5.51. The van der Waals surface area contributed by atoms with Gasteiger partial charge in [0.2, 0.25) is 0 Å². The Labute approximate surface area is 95.8 Å². The second-order valence-corrected chi connectivity index (χ2v) is 4.88. The van der Waals surface area contributed by atoms with E-state index in [2.05, 4.69) is 5.32 Å². The van der Waals surface area contributed by atoms with Crippen molar-refractivity contribution >= 4 is 0 Å². The summed E-state index contributed by atoms with van der Waals surface area (Å²) in [5.41, 5.74) is -0.729. The monoisotopic (exact) mass is 245 g/mol. The summed E-state index contributed by atoms with van der Waals surface area (Å²) in [6, 6.07) is 2.88. The second-order valence-electron chi connectivity index (χ2n) is 4.88. The van der Waals surface area contributed by atoms with Crippen LogP contribution < -0.4 is 5.32 Å². The van der Waals surface area contributed by atoms with Gasteiger partial charge in [0.1, 0.15) is 5.82 Å². The topological polar surface area (TPSA) is 12.0 Å². The Morgan fingerprint density at radius 2 is 2.06 bits per heavy atom. The fourth-order valence-electron chi connectivity index (χ4n) is 2.85. The van der Waals surface area contributed by atoms with Crippen LogP contribution in [0.5, 0.6) is 0 Å². The van der Waals surface area contributed by atoms with Gasteiger partial charge in [0.05, 0.1) is 5.56 Å². The van der Waals surface area contributed by atoms with Crippen LogP contribution in [0.25, 0.3) is 0 Å². The number of alkyl halides is 3. The minimum atomic E-state index is -4.48. The highest BCUT2D eigenvalue weighted by Crippen LogP contribution is 2.57. The number of halogens is 4. The van der Waals surface area contributed by atoms with Gasteiger partial charge in [-0.15, -0.1) is 0 Å². The van der Waals surface area contributed by atoms with Crippen LogP contribution in [0.2, 0.25) is 0 Å². The SMILES string of the molecule is Fc1cc(C(F)(F)F)ccc1[C@]12CNC[C@@H]1C2. The lowest BCUT2D eigenvalue weighted by Crippen LogP contribution is -2.20. The number of fused-ring (bicyclic) bond motifs is 1. The molecule has 1 N–H and O–H groups in total. The van der Waals surface area contributed by atoms with Crippen molar-refractivity contribution in [1.29, 1.82) is 0 Å². The molecule has 1 saturated carbocycles. The third-order valence-corrected chi connectivity index (χ3v) is 3.90. The van der Waals surface area contributed by atoms with Crippen molar-refractivity contribution < 1.29 is 17.6 Å². The number of nitrogens with one attached hydrogen (secondary N) is 1. The van der Waals surface area contributed by atoms with E-state index in [9.17, 15) is 17.6 Å². The zero-order valence-corrected chi connectivity index (χ0v) is 8.94. The first kappa shape index (κ1) is 11.0. The van der Waals surface area contributed by atoms with Crippen LogP contribution in [-0.2, 0) is 11.6 Å². The molecule has 17 heavy (non-hydrogen) atoms. The first-order valence-electron chi connectivity index (χ1n) is 5.51. The molecule has 0 amide bonds. The molecule has 5 heteroatoms. The fraction of sp³-hybridized carbons (Fsp3) is 0.500. The van der Waals surface area contributed by atoms with Gasteiger partial charge in [-0.2, -0.15) is 13.2 Å². The molecule has 3 rings (SSSR count). The molecule has 1 aromatic carbocycles. The Kier molecular flexibility index (Phi) is 2.09. The van der Waals surface area contributed by atoms with Crippen LogP contribution >= 0.6 is 0 Å². The number of benzene rings is 1. The van der Waals surface area contributed by atoms with Crippen LogP contribution in [-0.4, -0.2) is 13.1 Å². The summed E-state index contributed by atoms with van der Waals surface area (Å²) in [5, 5.41) is 3.14. The van der Waals surface area contributed by atoms with Crippen molar-refractivity contribution in [3.63, 3.8) is 0 Å². The Morgan fingerprint density at radius 1 is 1.29 bits per heavy atom. The number of rotatable bonds is 1. The standard InChI is InChI=1S/C12H11F4N/c13-10-3-7(12(14,15)16)1-2-9(10)11-4-8(11)5-17-6-11/h1-3,8,17H,4-6H2/t8-,11+/m0/s1. The van der Waals surface area contributed by atoms with E-state index in [1.807, 2.05) is 0 Å². The summed E-state index contributed by atoms with van der Waals surface area (Å²) in [6.45, 7) is 1.50. The lowest BCUT2D eigenvalue weighted by molar-refractivity contribution is -0.137. The van der Waals surface area contributed by atoms with E-state index in [1.165, 1.54) is 6.07 Å². The summed E-state index contributed by atoms with van der Waals surface area (Å²) in [6.07, 6.45) is -3.60. The molecule has 0 aromatic heterocycles. The van der Waals surface area contributed by atoms with E-state index >= 15 is 0 Å². The van der Waals surface area contributed by atoms with E-state index in [0.29, 0.717) is 24.1 Å².